The number of aromatic nitrogens is 2. The van der Waals surface area contributed by atoms with E-state index in [2.05, 4.69) is 29.6 Å². The highest BCUT2D eigenvalue weighted by Crippen LogP contribution is 2.12. The van der Waals surface area contributed by atoms with Crippen LogP contribution in [0.1, 0.15) is 30.8 Å². The van der Waals surface area contributed by atoms with Crippen molar-refractivity contribution >= 4 is 30.7 Å². The summed E-state index contributed by atoms with van der Waals surface area (Å²) in [6.07, 6.45) is 0.407. The normalized spacial score (nSPS) is 11.2. The fraction of sp³-hybridized carbons (Fsp3) is 0.692. The Labute approximate surface area is 133 Å². The Kier molecular flexibility index (Phi) is 10.8. The zero-order valence-electron chi connectivity index (χ0n) is 12.8. The number of nitrogens with one attached hydrogen (secondary N) is 2. The van der Waals surface area contributed by atoms with E-state index in [0.29, 0.717) is 19.0 Å². The summed E-state index contributed by atoms with van der Waals surface area (Å²) in [6, 6.07) is 0.301. The maximum absolute atomic E-state index is 11.9. The number of halogens is 2. The lowest BCUT2D eigenvalue weighted by Crippen LogP contribution is -2.39. The number of carbonyl (C=O) groups excluding carboxylic acids is 1. The van der Waals surface area contributed by atoms with Crippen molar-refractivity contribution in [3.05, 3.63) is 17.0 Å². The number of amides is 1. The average Bonchev–Trinajstić information content (AvgIpc) is 2.54. The second-order valence-corrected chi connectivity index (χ2v) is 4.71. The van der Waals surface area contributed by atoms with Gasteiger partial charge in [-0.3, -0.25) is 9.48 Å². The van der Waals surface area contributed by atoms with Gasteiger partial charge in [0.15, 0.2) is 0 Å². The second-order valence-electron chi connectivity index (χ2n) is 4.71. The Morgan fingerprint density at radius 1 is 1.35 bits per heavy atom. The maximum Gasteiger partial charge on any atom is 0.224 e. The molecule has 0 bridgehead atoms. The van der Waals surface area contributed by atoms with Crippen molar-refractivity contribution in [2.45, 2.75) is 40.2 Å². The minimum absolute atomic E-state index is 0. The van der Waals surface area contributed by atoms with Gasteiger partial charge in [-0.1, -0.05) is 6.92 Å². The Morgan fingerprint density at radius 2 is 1.95 bits per heavy atom. The summed E-state index contributed by atoms with van der Waals surface area (Å²) in [6.45, 7) is 9.62. The number of aryl methyl sites for hydroxylation is 2. The van der Waals surface area contributed by atoms with E-state index in [0.717, 1.165) is 23.5 Å². The Bertz CT molecular complexity index is 421. The van der Waals surface area contributed by atoms with Gasteiger partial charge in [0.05, 0.1) is 12.1 Å². The molecule has 0 aromatic carbocycles. The van der Waals surface area contributed by atoms with Gasteiger partial charge in [-0.05, 0) is 27.3 Å². The molecule has 0 radical (unpaired) electrons. The summed E-state index contributed by atoms with van der Waals surface area (Å²) in [5.74, 6) is 0.0546. The molecule has 1 rings (SSSR count). The van der Waals surface area contributed by atoms with E-state index in [9.17, 15) is 4.79 Å². The van der Waals surface area contributed by atoms with E-state index in [-0.39, 0.29) is 30.7 Å². The Morgan fingerprint density at radius 3 is 2.40 bits per heavy atom. The van der Waals surface area contributed by atoms with E-state index < -0.39 is 0 Å². The number of rotatable bonds is 6. The lowest BCUT2D eigenvalue weighted by molar-refractivity contribution is -0.120. The summed E-state index contributed by atoms with van der Waals surface area (Å²) >= 11 is 0. The monoisotopic (exact) mass is 324 g/mol. The molecule has 0 spiro atoms. The number of carbonyl (C=O) groups is 1. The van der Waals surface area contributed by atoms with E-state index in [4.69, 9.17) is 0 Å². The molecule has 1 aromatic rings. The number of hydrogen-bond acceptors (Lipinski definition) is 3. The average molecular weight is 325 g/mol. The van der Waals surface area contributed by atoms with Crippen molar-refractivity contribution in [2.24, 2.45) is 7.05 Å². The predicted molar refractivity (Wildman–Crippen MR) is 87.0 cm³/mol. The standard InChI is InChI=1S/C13H24N4O.2ClH/c1-6-14-9(2)8-15-13(18)7-12-10(3)16-17(5)11(12)4;;/h9,14H,6-8H2,1-5H3,(H,15,18);2*1H/t9-;;/m1../s1. The van der Waals surface area contributed by atoms with E-state index in [1.54, 1.807) is 0 Å². The van der Waals surface area contributed by atoms with Crippen LogP contribution in [0.25, 0.3) is 0 Å². The quantitative estimate of drug-likeness (QED) is 0.834. The molecule has 0 fully saturated rings. The van der Waals surface area contributed by atoms with Crippen molar-refractivity contribution in [1.82, 2.24) is 20.4 Å². The number of likely N-dealkylation sites (N-methyl/N-ethyl adjacent to an activating group) is 1. The summed E-state index contributed by atoms with van der Waals surface area (Å²) in [5.41, 5.74) is 3.03. The predicted octanol–water partition coefficient (Wildman–Crippen LogP) is 1.54. The fourth-order valence-electron chi connectivity index (χ4n) is 1.98. The number of nitrogens with zero attached hydrogens (tertiary/aromatic N) is 2. The van der Waals surface area contributed by atoms with Crippen LogP contribution in [0.3, 0.4) is 0 Å². The molecule has 1 heterocycles. The van der Waals surface area contributed by atoms with Gasteiger partial charge in [0.1, 0.15) is 0 Å². The van der Waals surface area contributed by atoms with Crippen LogP contribution in [0.5, 0.6) is 0 Å². The van der Waals surface area contributed by atoms with Crippen molar-refractivity contribution in [3.8, 4) is 0 Å². The molecule has 1 atom stereocenters. The van der Waals surface area contributed by atoms with E-state index in [1.165, 1.54) is 0 Å². The van der Waals surface area contributed by atoms with Crippen LogP contribution in [-0.2, 0) is 18.3 Å². The lowest BCUT2D eigenvalue weighted by atomic mass is 10.1. The maximum atomic E-state index is 11.9. The van der Waals surface area contributed by atoms with E-state index >= 15 is 0 Å². The van der Waals surface area contributed by atoms with Crippen molar-refractivity contribution in [2.75, 3.05) is 13.1 Å². The second kappa shape index (κ2) is 10.0. The molecule has 1 aromatic heterocycles. The molecular weight excluding hydrogens is 299 g/mol. The minimum atomic E-state index is 0. The molecule has 0 aliphatic rings. The van der Waals surface area contributed by atoms with Crippen molar-refractivity contribution in [1.29, 1.82) is 0 Å². The fourth-order valence-corrected chi connectivity index (χ4v) is 1.98. The highest BCUT2D eigenvalue weighted by atomic mass is 35.5. The zero-order valence-corrected chi connectivity index (χ0v) is 14.5. The topological polar surface area (TPSA) is 58.9 Å². The third kappa shape index (κ3) is 6.11. The molecule has 0 saturated heterocycles. The molecule has 1 amide bonds. The van der Waals surface area contributed by atoms with Crippen LogP contribution in [0, 0.1) is 13.8 Å². The van der Waals surface area contributed by atoms with Gasteiger partial charge >= 0.3 is 0 Å². The van der Waals surface area contributed by atoms with Crippen molar-refractivity contribution in [3.63, 3.8) is 0 Å². The zero-order chi connectivity index (χ0) is 13.7. The first-order valence-electron chi connectivity index (χ1n) is 6.44. The molecule has 0 aliphatic heterocycles. The first kappa shape index (κ1) is 21.5. The van der Waals surface area contributed by atoms with Gasteiger partial charge < -0.3 is 10.6 Å². The van der Waals surface area contributed by atoms with Gasteiger partial charge in [0, 0.05) is 30.9 Å². The highest BCUT2D eigenvalue weighted by molar-refractivity contribution is 5.85. The molecule has 5 nitrogen and oxygen atoms in total. The van der Waals surface area contributed by atoms with Crippen LogP contribution < -0.4 is 10.6 Å². The molecule has 20 heavy (non-hydrogen) atoms. The molecule has 118 valence electrons. The van der Waals surface area contributed by atoms with Crippen LogP contribution in [0.2, 0.25) is 0 Å². The molecule has 0 unspecified atom stereocenters. The van der Waals surface area contributed by atoms with Crippen molar-refractivity contribution < 1.29 is 4.79 Å². The van der Waals surface area contributed by atoms with Crippen LogP contribution in [-0.4, -0.2) is 34.8 Å². The molecule has 0 aliphatic carbocycles. The number of hydrogen-bond donors (Lipinski definition) is 2. The lowest BCUT2D eigenvalue weighted by Gasteiger charge is -2.13. The van der Waals surface area contributed by atoms with Gasteiger partial charge in [-0.2, -0.15) is 5.10 Å². The molecule has 2 N–H and O–H groups in total. The minimum Gasteiger partial charge on any atom is -0.354 e. The summed E-state index contributed by atoms with van der Waals surface area (Å²) in [4.78, 5) is 11.9. The molecule has 7 heteroatoms. The van der Waals surface area contributed by atoms with Gasteiger partial charge in [0.25, 0.3) is 0 Å². The largest absolute Gasteiger partial charge is 0.354 e. The summed E-state index contributed by atoms with van der Waals surface area (Å²) in [5, 5.41) is 10.5. The molecule has 0 saturated carbocycles. The summed E-state index contributed by atoms with van der Waals surface area (Å²) < 4.78 is 1.82. The Balaban J connectivity index is 0. The Hall–Kier alpha value is -0.780. The first-order chi connectivity index (χ1) is 8.45. The summed E-state index contributed by atoms with van der Waals surface area (Å²) in [7, 11) is 1.90. The van der Waals surface area contributed by atoms with Crippen LogP contribution >= 0.6 is 24.8 Å². The van der Waals surface area contributed by atoms with Gasteiger partial charge in [-0.15, -0.1) is 24.8 Å². The van der Waals surface area contributed by atoms with Crippen LogP contribution in [0.4, 0.5) is 0 Å². The SMILES string of the molecule is CCN[C@H](C)CNC(=O)Cc1c(C)nn(C)c1C.Cl.Cl. The highest BCUT2D eigenvalue weighted by Gasteiger charge is 2.13. The molecular formula is C13H26Cl2N4O. The van der Waals surface area contributed by atoms with Crippen LogP contribution in [0.15, 0.2) is 0 Å². The van der Waals surface area contributed by atoms with Gasteiger partial charge in [0.2, 0.25) is 5.91 Å². The van der Waals surface area contributed by atoms with Gasteiger partial charge in [-0.25, -0.2) is 0 Å². The smallest absolute Gasteiger partial charge is 0.224 e. The third-order valence-corrected chi connectivity index (χ3v) is 3.15. The first-order valence-corrected chi connectivity index (χ1v) is 6.44. The third-order valence-electron chi connectivity index (χ3n) is 3.15. The van der Waals surface area contributed by atoms with E-state index in [1.807, 2.05) is 25.6 Å².